The first kappa shape index (κ1) is 26.3. The van der Waals surface area contributed by atoms with Crippen LogP contribution in [0, 0.1) is 13.8 Å². The summed E-state index contributed by atoms with van der Waals surface area (Å²) in [7, 11) is 0. The van der Waals surface area contributed by atoms with E-state index in [4.69, 9.17) is 14.5 Å². The molecule has 0 atom stereocenters. The van der Waals surface area contributed by atoms with Crippen molar-refractivity contribution < 1.29 is 14.3 Å². The first-order valence-electron chi connectivity index (χ1n) is 13.2. The molecule has 1 heterocycles. The number of amides is 1. The van der Waals surface area contributed by atoms with Gasteiger partial charge < -0.3 is 19.4 Å². The average Bonchev–Trinajstić information content (AvgIpc) is 3.26. The van der Waals surface area contributed by atoms with E-state index in [0.29, 0.717) is 18.9 Å². The molecular weight excluding hydrogens is 462 g/mol. The van der Waals surface area contributed by atoms with E-state index in [1.54, 1.807) is 0 Å². The maximum atomic E-state index is 12.0. The Hall–Kier alpha value is -3.80. The van der Waals surface area contributed by atoms with Gasteiger partial charge in [-0.15, -0.1) is 0 Å². The minimum Gasteiger partial charge on any atom is -0.493 e. The van der Waals surface area contributed by atoms with Gasteiger partial charge in [-0.25, -0.2) is 4.98 Å². The Balaban J connectivity index is 1.20. The zero-order chi connectivity index (χ0) is 25.9. The van der Waals surface area contributed by atoms with E-state index in [1.165, 1.54) is 16.6 Å². The summed E-state index contributed by atoms with van der Waals surface area (Å²) in [5, 5.41) is 2.94. The lowest BCUT2D eigenvalue weighted by Crippen LogP contribution is -2.29. The molecule has 0 bridgehead atoms. The molecule has 6 heteroatoms. The largest absolute Gasteiger partial charge is 0.493 e. The van der Waals surface area contributed by atoms with Crippen LogP contribution in [0.3, 0.4) is 0 Å². The Morgan fingerprint density at radius 1 is 0.892 bits per heavy atom. The van der Waals surface area contributed by atoms with Gasteiger partial charge >= 0.3 is 0 Å². The van der Waals surface area contributed by atoms with E-state index in [2.05, 4.69) is 60.1 Å². The minimum absolute atomic E-state index is 0.0429. The molecule has 0 unspecified atom stereocenters. The van der Waals surface area contributed by atoms with Crippen LogP contribution in [-0.2, 0) is 17.8 Å². The fourth-order valence-electron chi connectivity index (χ4n) is 4.46. The molecule has 0 saturated heterocycles. The quantitative estimate of drug-likeness (QED) is 0.215. The zero-order valence-corrected chi connectivity index (χ0v) is 21.9. The van der Waals surface area contributed by atoms with Gasteiger partial charge in [-0.05, 0) is 69.0 Å². The van der Waals surface area contributed by atoms with Crippen molar-refractivity contribution in [3.05, 3.63) is 89.7 Å². The van der Waals surface area contributed by atoms with E-state index >= 15 is 0 Å². The van der Waals surface area contributed by atoms with Crippen LogP contribution >= 0.6 is 0 Å². The number of aryl methyl sites for hydroxylation is 4. The van der Waals surface area contributed by atoms with Gasteiger partial charge in [-0.2, -0.15) is 0 Å². The Bertz CT molecular complexity index is 1280. The van der Waals surface area contributed by atoms with Crippen molar-refractivity contribution in [2.45, 2.75) is 52.5 Å². The van der Waals surface area contributed by atoms with E-state index in [0.717, 1.165) is 55.7 Å². The average molecular weight is 500 g/mol. The summed E-state index contributed by atoms with van der Waals surface area (Å²) < 4.78 is 13.9. The van der Waals surface area contributed by atoms with Crippen molar-refractivity contribution in [3.63, 3.8) is 0 Å². The summed E-state index contributed by atoms with van der Waals surface area (Å²) >= 11 is 0. The highest BCUT2D eigenvalue weighted by atomic mass is 16.5. The van der Waals surface area contributed by atoms with Crippen LogP contribution in [0.5, 0.6) is 11.5 Å². The van der Waals surface area contributed by atoms with Crippen molar-refractivity contribution in [2.75, 3.05) is 19.8 Å². The molecule has 1 aromatic heterocycles. The number of nitrogens with one attached hydrogen (secondary N) is 1. The number of nitrogens with zero attached hydrogens (tertiary/aromatic N) is 2. The molecular formula is C31H37N3O3. The van der Waals surface area contributed by atoms with Gasteiger partial charge in [0.15, 0.2) is 6.61 Å². The standard InChI is InChI=1S/C31H37N3O3/c1-24-17-18-29(25(2)22-24)36-21-11-20-34-28-15-9-8-14-27(28)33-30(34)16-7-4-10-19-32-31(35)23-37-26-12-5-3-6-13-26/h3,5-6,8-9,12-15,17-18,22H,4,7,10-11,16,19-21,23H2,1-2H3,(H,32,35). The summed E-state index contributed by atoms with van der Waals surface area (Å²) in [4.78, 5) is 16.9. The molecule has 0 radical (unpaired) electrons. The number of para-hydroxylation sites is 3. The number of hydrogen-bond donors (Lipinski definition) is 1. The number of ether oxygens (including phenoxy) is 2. The third-order valence-corrected chi connectivity index (χ3v) is 6.36. The Morgan fingerprint density at radius 3 is 2.54 bits per heavy atom. The second-order valence-electron chi connectivity index (χ2n) is 9.40. The van der Waals surface area contributed by atoms with Crippen LogP contribution in [0.15, 0.2) is 72.8 Å². The second kappa shape index (κ2) is 13.5. The lowest BCUT2D eigenvalue weighted by Gasteiger charge is -2.12. The minimum atomic E-state index is -0.0892. The number of hydrogen-bond acceptors (Lipinski definition) is 4. The normalized spacial score (nSPS) is 11.0. The summed E-state index contributed by atoms with van der Waals surface area (Å²) in [5.41, 5.74) is 4.64. The molecule has 6 nitrogen and oxygen atoms in total. The molecule has 0 aliphatic heterocycles. The first-order valence-corrected chi connectivity index (χ1v) is 13.2. The van der Waals surface area contributed by atoms with Gasteiger partial charge in [0.1, 0.15) is 17.3 Å². The van der Waals surface area contributed by atoms with Gasteiger partial charge in [0.2, 0.25) is 0 Å². The number of aromatic nitrogens is 2. The van der Waals surface area contributed by atoms with Gasteiger partial charge in [-0.3, -0.25) is 4.79 Å². The molecule has 3 aromatic carbocycles. The van der Waals surface area contributed by atoms with Crippen molar-refractivity contribution >= 4 is 16.9 Å². The summed E-state index contributed by atoms with van der Waals surface area (Å²) in [5.74, 6) is 2.69. The molecule has 4 aromatic rings. The number of carbonyl (C=O) groups is 1. The Morgan fingerprint density at radius 2 is 1.70 bits per heavy atom. The first-order chi connectivity index (χ1) is 18.1. The third kappa shape index (κ3) is 7.84. The molecule has 0 spiro atoms. The summed E-state index contributed by atoms with van der Waals surface area (Å²) in [6.45, 7) is 6.43. The number of rotatable bonds is 14. The predicted octanol–water partition coefficient (Wildman–Crippen LogP) is 6.03. The lowest BCUT2D eigenvalue weighted by atomic mass is 10.1. The molecule has 4 rings (SSSR count). The number of imidazole rings is 1. The van der Waals surface area contributed by atoms with E-state index in [-0.39, 0.29) is 12.5 Å². The predicted molar refractivity (Wildman–Crippen MR) is 148 cm³/mol. The highest BCUT2D eigenvalue weighted by Crippen LogP contribution is 2.21. The fraction of sp³-hybridized carbons (Fsp3) is 0.355. The lowest BCUT2D eigenvalue weighted by molar-refractivity contribution is -0.123. The van der Waals surface area contributed by atoms with Crippen LogP contribution < -0.4 is 14.8 Å². The van der Waals surface area contributed by atoms with E-state index in [9.17, 15) is 4.79 Å². The second-order valence-corrected chi connectivity index (χ2v) is 9.40. The topological polar surface area (TPSA) is 65.4 Å². The molecule has 0 fully saturated rings. The number of benzene rings is 3. The van der Waals surface area contributed by atoms with Crippen molar-refractivity contribution in [1.29, 1.82) is 0 Å². The summed E-state index contributed by atoms with van der Waals surface area (Å²) in [6, 6.07) is 24.0. The van der Waals surface area contributed by atoms with Crippen LogP contribution in [0.1, 0.15) is 42.6 Å². The van der Waals surface area contributed by atoms with Gasteiger partial charge in [0.05, 0.1) is 17.6 Å². The van der Waals surface area contributed by atoms with E-state index < -0.39 is 0 Å². The Labute approximate surface area is 219 Å². The maximum absolute atomic E-state index is 12.0. The van der Waals surface area contributed by atoms with Crippen LogP contribution in [-0.4, -0.2) is 35.2 Å². The third-order valence-electron chi connectivity index (χ3n) is 6.36. The number of fused-ring (bicyclic) bond motifs is 1. The monoisotopic (exact) mass is 499 g/mol. The number of carbonyl (C=O) groups excluding carboxylic acids is 1. The smallest absolute Gasteiger partial charge is 0.257 e. The molecule has 37 heavy (non-hydrogen) atoms. The van der Waals surface area contributed by atoms with Gasteiger partial charge in [0.25, 0.3) is 5.91 Å². The fourth-order valence-corrected chi connectivity index (χ4v) is 4.46. The highest BCUT2D eigenvalue weighted by molar-refractivity contribution is 5.77. The highest BCUT2D eigenvalue weighted by Gasteiger charge is 2.10. The molecule has 194 valence electrons. The molecule has 0 aliphatic carbocycles. The zero-order valence-electron chi connectivity index (χ0n) is 21.9. The molecule has 1 N–H and O–H groups in total. The van der Waals surface area contributed by atoms with Crippen LogP contribution in [0.2, 0.25) is 0 Å². The molecule has 0 aliphatic rings. The van der Waals surface area contributed by atoms with Gasteiger partial charge in [0, 0.05) is 19.5 Å². The van der Waals surface area contributed by atoms with Crippen molar-refractivity contribution in [1.82, 2.24) is 14.9 Å². The number of unbranched alkanes of at least 4 members (excludes halogenated alkanes) is 2. The Kier molecular flexibility index (Phi) is 9.58. The van der Waals surface area contributed by atoms with E-state index in [1.807, 2.05) is 36.4 Å². The molecule has 0 saturated carbocycles. The van der Waals surface area contributed by atoms with Crippen molar-refractivity contribution in [2.24, 2.45) is 0 Å². The molecule has 1 amide bonds. The summed E-state index contributed by atoms with van der Waals surface area (Å²) in [6.07, 6.45) is 4.81. The van der Waals surface area contributed by atoms with Crippen molar-refractivity contribution in [3.8, 4) is 11.5 Å². The van der Waals surface area contributed by atoms with Crippen LogP contribution in [0.25, 0.3) is 11.0 Å². The SMILES string of the molecule is Cc1ccc(OCCCn2c(CCCCCNC(=O)COc3ccccc3)nc3ccccc32)c(C)c1. The maximum Gasteiger partial charge on any atom is 0.257 e. The van der Waals surface area contributed by atoms with Gasteiger partial charge in [-0.1, -0.05) is 54.4 Å². The van der Waals surface area contributed by atoms with Crippen LogP contribution in [0.4, 0.5) is 0 Å².